The molecule has 0 fully saturated rings. The minimum absolute atomic E-state index is 0.136. The lowest BCUT2D eigenvalue weighted by molar-refractivity contribution is 0.600. The number of hydrogen-bond donors (Lipinski definition) is 0. The average Bonchev–Trinajstić information content (AvgIpc) is 2.47. The van der Waals surface area contributed by atoms with E-state index < -0.39 is 11.4 Å². The lowest BCUT2D eigenvalue weighted by Crippen LogP contribution is -2.42. The molecule has 0 N–H and O–H groups in total. The summed E-state index contributed by atoms with van der Waals surface area (Å²) in [6.07, 6.45) is 3.09. The molecule has 0 saturated carbocycles. The second-order valence-electron chi connectivity index (χ2n) is 4.17. The lowest BCUT2D eigenvalue weighted by Gasteiger charge is -2.12. The fourth-order valence-corrected chi connectivity index (χ4v) is 1.92. The van der Waals surface area contributed by atoms with Gasteiger partial charge in [-0.3, -0.25) is 4.57 Å². The van der Waals surface area contributed by atoms with E-state index in [2.05, 4.69) is 18.1 Å². The van der Waals surface area contributed by atoms with Crippen molar-refractivity contribution in [1.82, 2.24) is 14.1 Å². The first kappa shape index (κ1) is 13.7. The molecule has 20 heavy (non-hydrogen) atoms. The predicted octanol–water partition coefficient (Wildman–Crippen LogP) is 1.44. The van der Waals surface area contributed by atoms with E-state index in [0.717, 1.165) is 4.57 Å². The van der Waals surface area contributed by atoms with Crippen molar-refractivity contribution in [3.05, 3.63) is 76.6 Å². The van der Waals surface area contributed by atoms with Crippen LogP contribution >= 0.6 is 0 Å². The van der Waals surface area contributed by atoms with Gasteiger partial charge in [0.2, 0.25) is 0 Å². The Bertz CT molecular complexity index is 742. The van der Waals surface area contributed by atoms with Gasteiger partial charge in [0, 0.05) is 12.1 Å². The zero-order valence-corrected chi connectivity index (χ0v) is 11.0. The second kappa shape index (κ2) is 5.97. The first-order valence-corrected chi connectivity index (χ1v) is 6.18. The van der Waals surface area contributed by atoms with E-state index in [-0.39, 0.29) is 13.1 Å². The summed E-state index contributed by atoms with van der Waals surface area (Å²) in [7, 11) is 0. The maximum Gasteiger partial charge on any atom is 0.353 e. The molecule has 2 rings (SSSR count). The summed E-state index contributed by atoms with van der Waals surface area (Å²) in [6.45, 7) is 7.59. The third-order valence-electron chi connectivity index (χ3n) is 2.81. The van der Waals surface area contributed by atoms with E-state index in [1.807, 2.05) is 18.2 Å². The van der Waals surface area contributed by atoms with Gasteiger partial charge in [0.15, 0.2) is 0 Å². The fraction of sp³-hybridized carbons (Fsp3) is 0.133. The monoisotopic (exact) mass is 269 g/mol. The summed E-state index contributed by atoms with van der Waals surface area (Å²) in [5.41, 5.74) is -0.271. The van der Waals surface area contributed by atoms with Crippen molar-refractivity contribution in [3.8, 4) is 11.4 Å². The highest BCUT2D eigenvalue weighted by molar-refractivity contribution is 5.54. The maximum absolute atomic E-state index is 12.4. The van der Waals surface area contributed by atoms with Crippen molar-refractivity contribution in [2.24, 2.45) is 0 Å². The van der Waals surface area contributed by atoms with Crippen molar-refractivity contribution >= 4 is 0 Å². The summed E-state index contributed by atoms with van der Waals surface area (Å²) in [4.78, 5) is 28.3. The van der Waals surface area contributed by atoms with Crippen molar-refractivity contribution in [2.75, 3.05) is 0 Å². The Labute approximate surface area is 116 Å². The van der Waals surface area contributed by atoms with Gasteiger partial charge in [0.05, 0.1) is 6.54 Å². The summed E-state index contributed by atoms with van der Waals surface area (Å²) >= 11 is 0. The number of aromatic nitrogens is 3. The standard InChI is InChI=1S/C15H15N3O2/c1-3-10-17-13(12-8-6-5-7-9-12)16-14(19)18(11-4-2)15(17)20/h3-9H,1-2,10-11H2. The van der Waals surface area contributed by atoms with Crippen LogP contribution in [-0.2, 0) is 13.1 Å². The zero-order valence-electron chi connectivity index (χ0n) is 11.0. The Balaban J connectivity index is 2.75. The van der Waals surface area contributed by atoms with Crippen LogP contribution in [0.15, 0.2) is 65.2 Å². The molecule has 0 atom stereocenters. The Morgan fingerprint density at radius 3 is 2.20 bits per heavy atom. The van der Waals surface area contributed by atoms with Gasteiger partial charge in [0.25, 0.3) is 0 Å². The van der Waals surface area contributed by atoms with Crippen LogP contribution in [0, 0.1) is 0 Å². The molecular formula is C15H15N3O2. The molecule has 2 aromatic rings. The molecule has 0 aliphatic rings. The van der Waals surface area contributed by atoms with Crippen LogP contribution < -0.4 is 11.4 Å². The van der Waals surface area contributed by atoms with Crippen LogP contribution in [-0.4, -0.2) is 14.1 Å². The molecule has 1 aromatic heterocycles. The summed E-state index contributed by atoms with van der Waals surface area (Å²) < 4.78 is 2.47. The molecule has 0 radical (unpaired) electrons. The minimum atomic E-state index is -0.575. The highest BCUT2D eigenvalue weighted by Crippen LogP contribution is 2.13. The van der Waals surface area contributed by atoms with Gasteiger partial charge >= 0.3 is 11.4 Å². The highest BCUT2D eigenvalue weighted by atomic mass is 16.2. The molecule has 1 aromatic carbocycles. The molecule has 5 heteroatoms. The lowest BCUT2D eigenvalue weighted by atomic mass is 10.2. The van der Waals surface area contributed by atoms with E-state index in [4.69, 9.17) is 0 Å². The van der Waals surface area contributed by atoms with E-state index >= 15 is 0 Å². The Morgan fingerprint density at radius 1 is 1.00 bits per heavy atom. The molecule has 0 unspecified atom stereocenters. The maximum atomic E-state index is 12.4. The summed E-state index contributed by atoms with van der Waals surface area (Å²) in [5, 5.41) is 0. The quantitative estimate of drug-likeness (QED) is 0.772. The van der Waals surface area contributed by atoms with Crippen molar-refractivity contribution in [1.29, 1.82) is 0 Å². The second-order valence-corrected chi connectivity index (χ2v) is 4.17. The highest BCUT2D eigenvalue weighted by Gasteiger charge is 2.12. The van der Waals surface area contributed by atoms with Crippen LogP contribution in [0.25, 0.3) is 11.4 Å². The number of benzene rings is 1. The molecule has 0 aliphatic heterocycles. The van der Waals surface area contributed by atoms with Crippen LogP contribution in [0.5, 0.6) is 0 Å². The fourth-order valence-electron chi connectivity index (χ4n) is 1.92. The third-order valence-corrected chi connectivity index (χ3v) is 2.81. The molecule has 0 bridgehead atoms. The smallest absolute Gasteiger partial charge is 0.273 e. The normalized spacial score (nSPS) is 10.2. The molecule has 0 aliphatic carbocycles. The third kappa shape index (κ3) is 2.51. The van der Waals surface area contributed by atoms with E-state index in [1.54, 1.807) is 18.2 Å². The first-order valence-electron chi connectivity index (χ1n) is 6.18. The van der Waals surface area contributed by atoms with E-state index in [1.165, 1.54) is 10.6 Å². The number of allylic oxidation sites excluding steroid dienone is 2. The zero-order chi connectivity index (χ0) is 14.5. The van der Waals surface area contributed by atoms with Crippen LogP contribution in [0.4, 0.5) is 0 Å². The Morgan fingerprint density at radius 2 is 1.60 bits per heavy atom. The molecule has 1 heterocycles. The molecule has 5 nitrogen and oxygen atoms in total. The average molecular weight is 269 g/mol. The molecule has 0 spiro atoms. The van der Waals surface area contributed by atoms with Crippen LogP contribution in [0.2, 0.25) is 0 Å². The van der Waals surface area contributed by atoms with Crippen molar-refractivity contribution in [2.45, 2.75) is 13.1 Å². The summed E-state index contributed by atoms with van der Waals surface area (Å²) in [6, 6.07) is 9.12. The van der Waals surface area contributed by atoms with E-state index in [0.29, 0.717) is 11.4 Å². The van der Waals surface area contributed by atoms with Gasteiger partial charge in [-0.1, -0.05) is 42.5 Å². The van der Waals surface area contributed by atoms with Gasteiger partial charge in [-0.25, -0.2) is 14.2 Å². The summed E-state index contributed by atoms with van der Waals surface area (Å²) in [5.74, 6) is 0.348. The molecule has 102 valence electrons. The van der Waals surface area contributed by atoms with Crippen LogP contribution in [0.1, 0.15) is 0 Å². The van der Waals surface area contributed by atoms with Crippen LogP contribution in [0.3, 0.4) is 0 Å². The van der Waals surface area contributed by atoms with Gasteiger partial charge in [-0.15, -0.1) is 13.2 Å². The van der Waals surface area contributed by atoms with Gasteiger partial charge < -0.3 is 0 Å². The molecular weight excluding hydrogens is 254 g/mol. The topological polar surface area (TPSA) is 56.9 Å². The van der Waals surface area contributed by atoms with Gasteiger partial charge in [0.1, 0.15) is 5.82 Å². The molecule has 0 amide bonds. The van der Waals surface area contributed by atoms with Crippen molar-refractivity contribution in [3.63, 3.8) is 0 Å². The largest absolute Gasteiger partial charge is 0.353 e. The van der Waals surface area contributed by atoms with E-state index in [9.17, 15) is 9.59 Å². The Hall–Kier alpha value is -2.69. The number of rotatable bonds is 5. The minimum Gasteiger partial charge on any atom is -0.273 e. The number of nitrogens with zero attached hydrogens (tertiary/aromatic N) is 3. The predicted molar refractivity (Wildman–Crippen MR) is 78.6 cm³/mol. The van der Waals surface area contributed by atoms with Gasteiger partial charge in [-0.05, 0) is 0 Å². The SMILES string of the molecule is C=CCn1c(-c2ccccc2)nc(=O)n(CC=C)c1=O. The number of hydrogen-bond acceptors (Lipinski definition) is 3. The Kier molecular flexibility index (Phi) is 4.10. The van der Waals surface area contributed by atoms with Gasteiger partial charge in [-0.2, -0.15) is 4.98 Å². The van der Waals surface area contributed by atoms with Crippen molar-refractivity contribution < 1.29 is 0 Å². The first-order chi connectivity index (χ1) is 9.69. The molecule has 0 saturated heterocycles.